The van der Waals surface area contributed by atoms with E-state index in [1.807, 2.05) is 42.7 Å². The smallest absolute Gasteiger partial charge is 0.235 e. The molecule has 5 nitrogen and oxygen atoms in total. The molecule has 1 aromatic heterocycles. The maximum Gasteiger partial charge on any atom is 0.235 e. The molecule has 0 saturated heterocycles. The molecular weight excluding hydrogens is 390 g/mol. The number of hydrogen-bond acceptors (Lipinski definition) is 5. The summed E-state index contributed by atoms with van der Waals surface area (Å²) in [4.78, 5) is 16.3. The highest BCUT2D eigenvalue weighted by Crippen LogP contribution is 2.32. The summed E-state index contributed by atoms with van der Waals surface area (Å²) in [6.45, 7) is 1.90. The number of thiocyanates is 1. The lowest BCUT2D eigenvalue weighted by Gasteiger charge is -2.04. The van der Waals surface area contributed by atoms with Crippen molar-refractivity contribution in [2.45, 2.75) is 6.92 Å². The second kappa shape index (κ2) is 7.07. The third kappa shape index (κ3) is 3.45. The number of carbonyl (C=O) groups is 1. The van der Waals surface area contributed by atoms with Crippen LogP contribution in [0, 0.1) is 17.6 Å². The van der Waals surface area contributed by atoms with Gasteiger partial charge in [-0.1, -0.05) is 12.1 Å². The Bertz CT molecular complexity index is 962. The van der Waals surface area contributed by atoms with E-state index in [1.54, 1.807) is 6.07 Å². The maximum atomic E-state index is 11.8. The van der Waals surface area contributed by atoms with Crippen molar-refractivity contribution in [1.82, 2.24) is 4.98 Å². The zero-order chi connectivity index (χ0) is 17.1. The van der Waals surface area contributed by atoms with Crippen molar-refractivity contribution < 1.29 is 9.21 Å². The zero-order valence-electron chi connectivity index (χ0n) is 12.7. The van der Waals surface area contributed by atoms with Crippen molar-refractivity contribution in [1.29, 1.82) is 5.26 Å². The Morgan fingerprint density at radius 3 is 2.96 bits per heavy atom. The molecule has 2 aromatic carbocycles. The number of aromatic nitrogens is 1. The standard InChI is InChI=1S/C17H12BrN3O2S/c1-10-6-11(20-15(22)8-24-9-19)7-14-16(10)23-17(21-14)12-4-2-3-5-13(12)18/h2-7H,8H2,1H3,(H,20,22). The van der Waals surface area contributed by atoms with Crippen LogP contribution in [0.2, 0.25) is 0 Å². The third-order valence-corrected chi connectivity index (χ3v) is 4.56. The van der Waals surface area contributed by atoms with Gasteiger partial charge in [-0.05, 0) is 64.4 Å². The largest absolute Gasteiger partial charge is 0.436 e. The predicted molar refractivity (Wildman–Crippen MR) is 98.6 cm³/mol. The number of nitriles is 1. The Morgan fingerprint density at radius 1 is 1.42 bits per heavy atom. The van der Waals surface area contributed by atoms with Crippen molar-refractivity contribution in [3.05, 3.63) is 46.4 Å². The van der Waals surface area contributed by atoms with Crippen LogP contribution in [-0.4, -0.2) is 16.6 Å². The van der Waals surface area contributed by atoms with E-state index in [1.165, 1.54) is 0 Å². The van der Waals surface area contributed by atoms with Crippen LogP contribution < -0.4 is 5.32 Å². The van der Waals surface area contributed by atoms with Gasteiger partial charge in [0.05, 0.1) is 11.3 Å². The van der Waals surface area contributed by atoms with E-state index in [-0.39, 0.29) is 11.7 Å². The van der Waals surface area contributed by atoms with E-state index in [9.17, 15) is 4.79 Å². The van der Waals surface area contributed by atoms with E-state index >= 15 is 0 Å². The Hall–Kier alpha value is -2.30. The number of thioether (sulfide) groups is 1. The highest BCUT2D eigenvalue weighted by Gasteiger charge is 2.14. The number of hydrogen-bond donors (Lipinski definition) is 1. The molecule has 0 bridgehead atoms. The van der Waals surface area contributed by atoms with Gasteiger partial charge in [0, 0.05) is 10.2 Å². The number of amides is 1. The molecule has 0 spiro atoms. The number of halogens is 1. The first-order valence-electron chi connectivity index (χ1n) is 7.05. The van der Waals surface area contributed by atoms with Gasteiger partial charge >= 0.3 is 0 Å². The molecule has 0 aliphatic rings. The number of carbonyl (C=O) groups excluding carboxylic acids is 1. The summed E-state index contributed by atoms with van der Waals surface area (Å²) >= 11 is 4.39. The summed E-state index contributed by atoms with van der Waals surface area (Å²) in [6, 6.07) is 11.3. The van der Waals surface area contributed by atoms with Gasteiger partial charge in [0.2, 0.25) is 11.8 Å². The fourth-order valence-corrected chi connectivity index (χ4v) is 3.04. The minimum atomic E-state index is -0.227. The summed E-state index contributed by atoms with van der Waals surface area (Å²) in [5, 5.41) is 13.2. The minimum Gasteiger partial charge on any atom is -0.436 e. The molecule has 3 rings (SSSR count). The summed E-state index contributed by atoms with van der Waals surface area (Å²) in [5.74, 6) is 0.383. The maximum absolute atomic E-state index is 11.8. The lowest BCUT2D eigenvalue weighted by molar-refractivity contribution is -0.113. The molecule has 0 aliphatic carbocycles. The van der Waals surface area contributed by atoms with Crippen LogP contribution in [-0.2, 0) is 4.79 Å². The molecule has 24 heavy (non-hydrogen) atoms. The average molecular weight is 402 g/mol. The van der Waals surface area contributed by atoms with Crippen molar-refractivity contribution in [3.63, 3.8) is 0 Å². The lowest BCUT2D eigenvalue weighted by Crippen LogP contribution is -2.13. The number of aryl methyl sites for hydroxylation is 1. The molecule has 0 fully saturated rings. The first kappa shape index (κ1) is 16.6. The molecule has 120 valence electrons. The van der Waals surface area contributed by atoms with Crippen LogP contribution >= 0.6 is 27.7 Å². The fourth-order valence-electron chi connectivity index (χ4n) is 2.32. The van der Waals surface area contributed by atoms with E-state index in [0.29, 0.717) is 22.7 Å². The Kier molecular flexibility index (Phi) is 4.88. The summed E-state index contributed by atoms with van der Waals surface area (Å²) < 4.78 is 6.79. The lowest BCUT2D eigenvalue weighted by atomic mass is 10.2. The van der Waals surface area contributed by atoms with Gasteiger partial charge < -0.3 is 9.73 Å². The molecule has 3 aromatic rings. The van der Waals surface area contributed by atoms with Crippen LogP contribution in [0.25, 0.3) is 22.6 Å². The third-order valence-electron chi connectivity index (χ3n) is 3.33. The molecule has 7 heteroatoms. The van der Waals surface area contributed by atoms with E-state index < -0.39 is 0 Å². The fraction of sp³-hybridized carbons (Fsp3) is 0.118. The van der Waals surface area contributed by atoms with Crippen LogP contribution in [0.5, 0.6) is 0 Å². The molecule has 0 radical (unpaired) electrons. The van der Waals surface area contributed by atoms with Crippen LogP contribution in [0.4, 0.5) is 5.69 Å². The van der Waals surface area contributed by atoms with E-state index in [0.717, 1.165) is 27.4 Å². The van der Waals surface area contributed by atoms with Crippen molar-refractivity contribution in [3.8, 4) is 16.9 Å². The first-order valence-corrected chi connectivity index (χ1v) is 8.83. The zero-order valence-corrected chi connectivity index (χ0v) is 15.1. The van der Waals surface area contributed by atoms with Crippen LogP contribution in [0.3, 0.4) is 0 Å². The second-order valence-corrected chi connectivity index (χ2v) is 6.68. The SMILES string of the molecule is Cc1cc(NC(=O)CSC#N)cc2nc(-c3ccccc3Br)oc12. The number of benzene rings is 2. The van der Waals surface area contributed by atoms with Crippen LogP contribution in [0.15, 0.2) is 45.3 Å². The van der Waals surface area contributed by atoms with Crippen molar-refractivity contribution >= 4 is 50.4 Å². The molecule has 0 atom stereocenters. The van der Waals surface area contributed by atoms with Crippen molar-refractivity contribution in [2.75, 3.05) is 11.1 Å². The van der Waals surface area contributed by atoms with E-state index in [4.69, 9.17) is 9.68 Å². The molecule has 1 heterocycles. The van der Waals surface area contributed by atoms with Gasteiger partial charge in [0.15, 0.2) is 5.58 Å². The van der Waals surface area contributed by atoms with Gasteiger partial charge in [-0.3, -0.25) is 4.79 Å². The number of nitrogens with zero attached hydrogens (tertiary/aromatic N) is 2. The normalized spacial score (nSPS) is 10.5. The van der Waals surface area contributed by atoms with Crippen molar-refractivity contribution in [2.24, 2.45) is 0 Å². The van der Waals surface area contributed by atoms with Gasteiger partial charge in [0.1, 0.15) is 10.9 Å². The monoisotopic (exact) mass is 401 g/mol. The number of fused-ring (bicyclic) bond motifs is 1. The summed E-state index contributed by atoms with van der Waals surface area (Å²) in [5.41, 5.74) is 3.73. The quantitative estimate of drug-likeness (QED) is 0.639. The number of oxazole rings is 1. The number of rotatable bonds is 4. The Morgan fingerprint density at radius 2 is 2.21 bits per heavy atom. The van der Waals surface area contributed by atoms with Gasteiger partial charge in [0.25, 0.3) is 0 Å². The molecule has 1 N–H and O–H groups in total. The van der Waals surface area contributed by atoms with Crippen LogP contribution in [0.1, 0.15) is 5.56 Å². The minimum absolute atomic E-state index is 0.0919. The molecular formula is C17H12BrN3O2S. The number of anilines is 1. The van der Waals surface area contributed by atoms with Gasteiger partial charge in [-0.15, -0.1) is 0 Å². The Labute approximate surface area is 151 Å². The first-order chi connectivity index (χ1) is 11.6. The molecule has 1 amide bonds. The molecule has 0 unspecified atom stereocenters. The average Bonchev–Trinajstić information content (AvgIpc) is 2.97. The number of nitrogens with one attached hydrogen (secondary N) is 1. The highest BCUT2D eigenvalue weighted by molar-refractivity contribution is 9.10. The topological polar surface area (TPSA) is 78.9 Å². The summed E-state index contributed by atoms with van der Waals surface area (Å²) in [7, 11) is 0. The highest BCUT2D eigenvalue weighted by atomic mass is 79.9. The summed E-state index contributed by atoms with van der Waals surface area (Å²) in [6.07, 6.45) is 0. The van der Waals surface area contributed by atoms with E-state index in [2.05, 4.69) is 26.2 Å². The molecule has 0 saturated carbocycles. The predicted octanol–water partition coefficient (Wildman–Crippen LogP) is 4.72. The Balaban J connectivity index is 1.96. The second-order valence-electron chi connectivity index (χ2n) is 5.07. The van der Waals surface area contributed by atoms with Gasteiger partial charge in [-0.2, -0.15) is 5.26 Å². The molecule has 0 aliphatic heterocycles. The van der Waals surface area contributed by atoms with Gasteiger partial charge in [-0.25, -0.2) is 4.98 Å².